The van der Waals surface area contributed by atoms with Crippen LogP contribution in [-0.4, -0.2) is 19.6 Å². The van der Waals surface area contributed by atoms with Crippen LogP contribution < -0.4 is 14.8 Å². The second kappa shape index (κ2) is 7.79. The van der Waals surface area contributed by atoms with Crippen molar-refractivity contribution in [2.24, 2.45) is 0 Å². The average molecular weight is 360 g/mol. The normalized spacial score (nSPS) is 13.1. The molecule has 132 valence electrons. The Morgan fingerprint density at radius 3 is 2.68 bits per heavy atom. The van der Waals surface area contributed by atoms with E-state index in [1.165, 1.54) is 24.0 Å². The molecule has 2 aromatic carbocycles. The number of methoxy groups -OCH3 is 1. The Hall–Kier alpha value is -2.20. The highest BCUT2D eigenvalue weighted by atomic mass is 35.5. The third-order valence-electron chi connectivity index (χ3n) is 4.44. The smallest absolute Gasteiger partial charge is 0.262 e. The molecule has 0 radical (unpaired) electrons. The number of fused-ring (bicyclic) bond motifs is 1. The van der Waals surface area contributed by atoms with Crippen molar-refractivity contribution < 1.29 is 14.3 Å². The molecule has 1 amide bonds. The molecule has 5 heteroatoms. The minimum Gasteiger partial charge on any atom is -0.495 e. The van der Waals surface area contributed by atoms with E-state index in [0.29, 0.717) is 16.5 Å². The highest BCUT2D eigenvalue weighted by molar-refractivity contribution is 6.31. The van der Waals surface area contributed by atoms with Crippen molar-refractivity contribution in [2.75, 3.05) is 19.0 Å². The van der Waals surface area contributed by atoms with E-state index in [1.54, 1.807) is 19.2 Å². The van der Waals surface area contributed by atoms with Gasteiger partial charge in [-0.25, -0.2) is 0 Å². The fourth-order valence-electron chi connectivity index (χ4n) is 3.06. The number of hydrogen-bond donors (Lipinski definition) is 1. The predicted octanol–water partition coefficient (Wildman–Crippen LogP) is 4.55. The monoisotopic (exact) mass is 359 g/mol. The lowest BCUT2D eigenvalue weighted by molar-refractivity contribution is -0.118. The van der Waals surface area contributed by atoms with Gasteiger partial charge in [-0.2, -0.15) is 0 Å². The Bertz CT molecular complexity index is 789. The summed E-state index contributed by atoms with van der Waals surface area (Å²) in [4.78, 5) is 12.2. The lowest BCUT2D eigenvalue weighted by atomic mass is 9.92. The topological polar surface area (TPSA) is 47.6 Å². The molecule has 0 fully saturated rings. The Kier molecular flexibility index (Phi) is 5.49. The molecule has 1 aliphatic rings. The van der Waals surface area contributed by atoms with Crippen LogP contribution in [0.1, 0.15) is 29.5 Å². The standard InChI is InChI=1S/C20H22ClNO3/c1-13-9-18(19(24-2)11-17(13)21)22-20(23)12-25-16-8-7-14-5-3-4-6-15(14)10-16/h7-11H,3-6,12H2,1-2H3,(H,22,23). The second-order valence-corrected chi connectivity index (χ2v) is 6.68. The summed E-state index contributed by atoms with van der Waals surface area (Å²) >= 11 is 6.08. The maximum atomic E-state index is 12.2. The molecule has 0 unspecified atom stereocenters. The van der Waals surface area contributed by atoms with Crippen LogP contribution in [0.5, 0.6) is 11.5 Å². The molecule has 0 aromatic heterocycles. The predicted molar refractivity (Wildman–Crippen MR) is 99.9 cm³/mol. The van der Waals surface area contributed by atoms with Crippen molar-refractivity contribution in [3.05, 3.63) is 52.0 Å². The van der Waals surface area contributed by atoms with E-state index < -0.39 is 0 Å². The summed E-state index contributed by atoms with van der Waals surface area (Å²) in [6, 6.07) is 9.57. The number of carbonyl (C=O) groups excluding carboxylic acids is 1. The van der Waals surface area contributed by atoms with Crippen LogP contribution in [0.4, 0.5) is 5.69 Å². The zero-order chi connectivity index (χ0) is 17.8. The Morgan fingerprint density at radius 2 is 1.92 bits per heavy atom. The molecule has 0 spiro atoms. The number of nitrogens with one attached hydrogen (secondary N) is 1. The number of carbonyl (C=O) groups is 1. The molecule has 2 aromatic rings. The first-order valence-electron chi connectivity index (χ1n) is 8.45. The number of ether oxygens (including phenoxy) is 2. The average Bonchev–Trinajstić information content (AvgIpc) is 2.62. The summed E-state index contributed by atoms with van der Waals surface area (Å²) in [5, 5.41) is 3.41. The van der Waals surface area contributed by atoms with Gasteiger partial charge in [0.1, 0.15) is 11.5 Å². The van der Waals surface area contributed by atoms with E-state index in [0.717, 1.165) is 24.2 Å². The van der Waals surface area contributed by atoms with Crippen LogP contribution >= 0.6 is 11.6 Å². The van der Waals surface area contributed by atoms with Crippen molar-refractivity contribution in [3.8, 4) is 11.5 Å². The van der Waals surface area contributed by atoms with Gasteiger partial charge >= 0.3 is 0 Å². The van der Waals surface area contributed by atoms with E-state index >= 15 is 0 Å². The lowest BCUT2D eigenvalue weighted by Crippen LogP contribution is -2.20. The van der Waals surface area contributed by atoms with Crippen LogP contribution in [0.3, 0.4) is 0 Å². The molecule has 0 saturated heterocycles. The largest absolute Gasteiger partial charge is 0.495 e. The maximum absolute atomic E-state index is 12.2. The third kappa shape index (κ3) is 4.26. The summed E-state index contributed by atoms with van der Waals surface area (Å²) in [5.41, 5.74) is 4.18. The zero-order valence-corrected chi connectivity index (χ0v) is 15.3. The molecule has 0 aliphatic heterocycles. The summed E-state index contributed by atoms with van der Waals surface area (Å²) < 4.78 is 10.9. The van der Waals surface area contributed by atoms with Gasteiger partial charge in [-0.05, 0) is 67.5 Å². The maximum Gasteiger partial charge on any atom is 0.262 e. The molecule has 1 N–H and O–H groups in total. The Balaban J connectivity index is 1.63. The van der Waals surface area contributed by atoms with E-state index in [9.17, 15) is 4.79 Å². The fraction of sp³-hybridized carbons (Fsp3) is 0.350. The summed E-state index contributed by atoms with van der Waals surface area (Å²) in [5.74, 6) is 1.02. The van der Waals surface area contributed by atoms with Crippen molar-refractivity contribution in [2.45, 2.75) is 32.6 Å². The number of rotatable bonds is 5. The first kappa shape index (κ1) is 17.6. The summed E-state index contributed by atoms with van der Waals surface area (Å²) in [6.07, 6.45) is 4.68. The number of hydrogen-bond acceptors (Lipinski definition) is 3. The number of aryl methyl sites for hydroxylation is 3. The quantitative estimate of drug-likeness (QED) is 0.851. The van der Waals surface area contributed by atoms with Gasteiger partial charge in [0.2, 0.25) is 0 Å². The van der Waals surface area contributed by atoms with Gasteiger partial charge in [-0.3, -0.25) is 4.79 Å². The Labute approximate surface area is 153 Å². The van der Waals surface area contributed by atoms with Gasteiger partial charge in [-0.1, -0.05) is 17.7 Å². The highest BCUT2D eigenvalue weighted by Crippen LogP contribution is 2.31. The Morgan fingerprint density at radius 1 is 1.16 bits per heavy atom. The van der Waals surface area contributed by atoms with E-state index in [-0.39, 0.29) is 12.5 Å². The first-order chi connectivity index (χ1) is 12.1. The minimum absolute atomic E-state index is 0.0520. The van der Waals surface area contributed by atoms with Crippen molar-refractivity contribution in [1.29, 1.82) is 0 Å². The van der Waals surface area contributed by atoms with Gasteiger partial charge in [0.25, 0.3) is 5.91 Å². The molecule has 1 aliphatic carbocycles. The lowest BCUT2D eigenvalue weighted by Gasteiger charge is -2.17. The highest BCUT2D eigenvalue weighted by Gasteiger charge is 2.13. The molecule has 0 heterocycles. The van der Waals surface area contributed by atoms with Crippen molar-refractivity contribution in [3.63, 3.8) is 0 Å². The van der Waals surface area contributed by atoms with E-state index in [2.05, 4.69) is 17.4 Å². The summed E-state index contributed by atoms with van der Waals surface area (Å²) in [7, 11) is 1.54. The molecule has 0 saturated carbocycles. The van der Waals surface area contributed by atoms with Gasteiger partial charge in [-0.15, -0.1) is 0 Å². The van der Waals surface area contributed by atoms with Crippen molar-refractivity contribution in [1.82, 2.24) is 0 Å². The molecule has 4 nitrogen and oxygen atoms in total. The molecule has 3 rings (SSSR count). The number of benzene rings is 2. The van der Waals surface area contributed by atoms with Gasteiger partial charge in [0.15, 0.2) is 6.61 Å². The molecular weight excluding hydrogens is 338 g/mol. The zero-order valence-electron chi connectivity index (χ0n) is 14.5. The first-order valence-corrected chi connectivity index (χ1v) is 8.83. The van der Waals surface area contributed by atoms with Crippen LogP contribution in [0.25, 0.3) is 0 Å². The van der Waals surface area contributed by atoms with E-state index in [4.69, 9.17) is 21.1 Å². The third-order valence-corrected chi connectivity index (χ3v) is 4.85. The van der Waals surface area contributed by atoms with Gasteiger partial charge < -0.3 is 14.8 Å². The minimum atomic E-state index is -0.238. The molecule has 25 heavy (non-hydrogen) atoms. The van der Waals surface area contributed by atoms with Crippen LogP contribution in [0.2, 0.25) is 5.02 Å². The molecular formula is C20H22ClNO3. The summed E-state index contributed by atoms with van der Waals surface area (Å²) in [6.45, 7) is 1.82. The molecule has 0 bridgehead atoms. The van der Waals surface area contributed by atoms with Crippen LogP contribution in [0, 0.1) is 6.92 Å². The van der Waals surface area contributed by atoms with Gasteiger partial charge in [0, 0.05) is 11.1 Å². The van der Waals surface area contributed by atoms with Crippen LogP contribution in [0.15, 0.2) is 30.3 Å². The SMILES string of the molecule is COc1cc(Cl)c(C)cc1NC(=O)COc1ccc2c(c1)CCCC2. The number of anilines is 1. The number of halogens is 1. The van der Waals surface area contributed by atoms with E-state index in [1.807, 2.05) is 13.0 Å². The number of amides is 1. The van der Waals surface area contributed by atoms with Crippen LogP contribution in [-0.2, 0) is 17.6 Å². The van der Waals surface area contributed by atoms with Gasteiger partial charge in [0.05, 0.1) is 12.8 Å². The fourth-order valence-corrected chi connectivity index (χ4v) is 3.22. The molecule has 0 atom stereocenters. The second-order valence-electron chi connectivity index (χ2n) is 6.28. The van der Waals surface area contributed by atoms with Crippen molar-refractivity contribution >= 4 is 23.2 Å².